The van der Waals surface area contributed by atoms with Crippen LogP contribution < -0.4 is 15.8 Å². The highest BCUT2D eigenvalue weighted by Crippen LogP contribution is 2.28. The van der Waals surface area contributed by atoms with Gasteiger partial charge in [-0.2, -0.15) is 8.78 Å². The van der Waals surface area contributed by atoms with E-state index in [1.54, 1.807) is 6.92 Å². The van der Waals surface area contributed by atoms with E-state index in [0.717, 1.165) is 6.07 Å². The summed E-state index contributed by atoms with van der Waals surface area (Å²) in [4.78, 5) is 23.1. The number of rotatable bonds is 7. The lowest BCUT2D eigenvalue weighted by molar-refractivity contribution is -0.116. The lowest BCUT2D eigenvalue weighted by Gasteiger charge is -2.13. The van der Waals surface area contributed by atoms with E-state index < -0.39 is 12.6 Å². The molecule has 0 spiro atoms. The number of methoxy groups -OCH3 is 1. The Bertz CT molecular complexity index is 536. The van der Waals surface area contributed by atoms with Crippen LogP contribution >= 0.6 is 0 Å². The Labute approximate surface area is 126 Å². The number of alkyl halides is 2. The van der Waals surface area contributed by atoms with Crippen molar-refractivity contribution in [3.05, 3.63) is 23.8 Å². The Morgan fingerprint density at radius 2 is 2.05 bits per heavy atom. The molecular formula is C14H18F2N2O4. The molecule has 1 aromatic carbocycles. The first-order valence-corrected chi connectivity index (χ1v) is 6.56. The molecule has 0 saturated carbocycles. The summed E-state index contributed by atoms with van der Waals surface area (Å²) in [6, 6.07) is 3.57. The molecule has 1 rings (SSSR count). The fraction of sp³-hybridized carbons (Fsp3) is 0.429. The number of hydrogen-bond acceptors (Lipinski definition) is 5. The van der Waals surface area contributed by atoms with Gasteiger partial charge in [-0.3, -0.25) is 4.79 Å². The van der Waals surface area contributed by atoms with Crippen molar-refractivity contribution in [1.29, 1.82) is 0 Å². The van der Waals surface area contributed by atoms with E-state index in [4.69, 9.17) is 5.73 Å². The van der Waals surface area contributed by atoms with E-state index in [-0.39, 0.29) is 35.4 Å². The maximum Gasteiger partial charge on any atom is 0.387 e. The number of halogens is 2. The first-order chi connectivity index (χ1) is 10.3. The standard InChI is InChI=1S/C14H18F2N2O4/c1-8(17)3-6-12(19)18-10-5-4-9(13(20)21-2)7-11(10)22-14(15)16/h4-5,7-8,14H,3,6,17H2,1-2H3,(H,18,19). The van der Waals surface area contributed by atoms with Crippen LogP contribution in [0.1, 0.15) is 30.1 Å². The zero-order chi connectivity index (χ0) is 16.7. The first-order valence-electron chi connectivity index (χ1n) is 6.56. The molecule has 0 saturated heterocycles. The molecule has 0 fully saturated rings. The van der Waals surface area contributed by atoms with Crippen molar-refractivity contribution < 1.29 is 27.8 Å². The predicted molar refractivity (Wildman–Crippen MR) is 75.9 cm³/mol. The summed E-state index contributed by atoms with van der Waals surface area (Å²) in [6.45, 7) is -1.34. The molecular weight excluding hydrogens is 298 g/mol. The minimum Gasteiger partial charge on any atom is -0.465 e. The van der Waals surface area contributed by atoms with Gasteiger partial charge in [0.25, 0.3) is 0 Å². The molecule has 122 valence electrons. The first kappa shape index (κ1) is 17.8. The van der Waals surface area contributed by atoms with Gasteiger partial charge >= 0.3 is 12.6 Å². The number of ether oxygens (including phenoxy) is 2. The fourth-order valence-electron chi connectivity index (χ4n) is 1.64. The molecule has 0 radical (unpaired) electrons. The Morgan fingerprint density at radius 3 is 2.59 bits per heavy atom. The lowest BCUT2D eigenvalue weighted by Crippen LogP contribution is -2.20. The Balaban J connectivity index is 2.92. The van der Waals surface area contributed by atoms with E-state index in [2.05, 4.69) is 14.8 Å². The number of esters is 1. The fourth-order valence-corrected chi connectivity index (χ4v) is 1.64. The van der Waals surface area contributed by atoms with Crippen LogP contribution in [0.15, 0.2) is 18.2 Å². The number of anilines is 1. The van der Waals surface area contributed by atoms with Gasteiger partial charge in [0.2, 0.25) is 5.91 Å². The van der Waals surface area contributed by atoms with Crippen molar-refractivity contribution >= 4 is 17.6 Å². The van der Waals surface area contributed by atoms with Crippen molar-refractivity contribution in [3.63, 3.8) is 0 Å². The van der Waals surface area contributed by atoms with Crippen LogP contribution in [-0.2, 0) is 9.53 Å². The second-order valence-corrected chi connectivity index (χ2v) is 4.65. The SMILES string of the molecule is COC(=O)c1ccc(NC(=O)CCC(C)N)c(OC(F)F)c1. The van der Waals surface area contributed by atoms with Crippen LogP contribution in [0.2, 0.25) is 0 Å². The van der Waals surface area contributed by atoms with Crippen LogP contribution in [-0.4, -0.2) is 31.6 Å². The van der Waals surface area contributed by atoms with Gasteiger partial charge in [0.05, 0.1) is 18.4 Å². The van der Waals surface area contributed by atoms with Crippen molar-refractivity contribution in [2.24, 2.45) is 5.73 Å². The summed E-state index contributed by atoms with van der Waals surface area (Å²) in [6.07, 6.45) is 0.599. The van der Waals surface area contributed by atoms with Gasteiger partial charge in [-0.25, -0.2) is 4.79 Å². The van der Waals surface area contributed by atoms with Crippen molar-refractivity contribution in [2.45, 2.75) is 32.4 Å². The summed E-state index contributed by atoms with van der Waals surface area (Å²) in [7, 11) is 1.17. The number of carbonyl (C=O) groups is 2. The van der Waals surface area contributed by atoms with Crippen LogP contribution in [0, 0.1) is 0 Å². The number of nitrogens with one attached hydrogen (secondary N) is 1. The minimum atomic E-state index is -3.09. The maximum absolute atomic E-state index is 12.4. The van der Waals surface area contributed by atoms with Crippen LogP contribution in [0.25, 0.3) is 0 Å². The topological polar surface area (TPSA) is 90.7 Å². The van der Waals surface area contributed by atoms with Crippen molar-refractivity contribution in [2.75, 3.05) is 12.4 Å². The maximum atomic E-state index is 12.4. The van der Waals surface area contributed by atoms with Crippen LogP contribution in [0.5, 0.6) is 5.75 Å². The predicted octanol–water partition coefficient (Wildman–Crippen LogP) is 2.14. The van der Waals surface area contributed by atoms with Gasteiger partial charge in [0.1, 0.15) is 5.75 Å². The van der Waals surface area contributed by atoms with Crippen molar-refractivity contribution in [3.8, 4) is 5.75 Å². The van der Waals surface area contributed by atoms with E-state index in [1.807, 2.05) is 0 Å². The monoisotopic (exact) mass is 316 g/mol. The number of carbonyl (C=O) groups excluding carboxylic acids is 2. The Morgan fingerprint density at radius 1 is 1.36 bits per heavy atom. The number of benzene rings is 1. The normalized spacial score (nSPS) is 11.9. The largest absolute Gasteiger partial charge is 0.465 e. The molecule has 8 heteroatoms. The molecule has 1 atom stereocenters. The van der Waals surface area contributed by atoms with Gasteiger partial charge < -0.3 is 20.5 Å². The molecule has 1 unspecified atom stereocenters. The quantitative estimate of drug-likeness (QED) is 0.752. The molecule has 0 bridgehead atoms. The molecule has 3 N–H and O–H groups in total. The zero-order valence-electron chi connectivity index (χ0n) is 12.3. The van der Waals surface area contributed by atoms with Crippen LogP contribution in [0.4, 0.5) is 14.5 Å². The molecule has 0 aromatic heterocycles. The minimum absolute atomic E-state index is 0.0340. The summed E-state index contributed by atoms with van der Waals surface area (Å²) >= 11 is 0. The zero-order valence-corrected chi connectivity index (χ0v) is 12.3. The smallest absolute Gasteiger partial charge is 0.387 e. The average molecular weight is 316 g/mol. The van der Waals surface area contributed by atoms with E-state index in [0.29, 0.717) is 6.42 Å². The highest BCUT2D eigenvalue weighted by molar-refractivity contribution is 5.95. The molecule has 0 heterocycles. The number of nitrogens with two attached hydrogens (primary N) is 1. The van der Waals surface area contributed by atoms with Gasteiger partial charge in [-0.05, 0) is 31.5 Å². The highest BCUT2D eigenvalue weighted by atomic mass is 19.3. The van der Waals surface area contributed by atoms with E-state index >= 15 is 0 Å². The second-order valence-electron chi connectivity index (χ2n) is 4.65. The molecule has 1 aromatic rings. The summed E-state index contributed by atoms with van der Waals surface area (Å²) in [5.74, 6) is -1.40. The second kappa shape index (κ2) is 8.28. The van der Waals surface area contributed by atoms with Gasteiger partial charge in [-0.15, -0.1) is 0 Å². The molecule has 22 heavy (non-hydrogen) atoms. The molecule has 0 aliphatic rings. The van der Waals surface area contributed by atoms with Gasteiger partial charge in [-0.1, -0.05) is 0 Å². The highest BCUT2D eigenvalue weighted by Gasteiger charge is 2.16. The third-order valence-electron chi connectivity index (χ3n) is 2.72. The van der Waals surface area contributed by atoms with E-state index in [9.17, 15) is 18.4 Å². The van der Waals surface area contributed by atoms with Gasteiger partial charge in [0, 0.05) is 12.5 Å². The number of amides is 1. The summed E-state index contributed by atoms with van der Waals surface area (Å²) < 4.78 is 33.7. The molecule has 0 aliphatic heterocycles. The summed E-state index contributed by atoms with van der Waals surface area (Å²) in [5.41, 5.74) is 5.62. The molecule has 0 aliphatic carbocycles. The van der Waals surface area contributed by atoms with Crippen molar-refractivity contribution in [1.82, 2.24) is 0 Å². The lowest BCUT2D eigenvalue weighted by atomic mass is 10.1. The number of hydrogen-bond donors (Lipinski definition) is 2. The summed E-state index contributed by atoms with van der Waals surface area (Å²) in [5, 5.41) is 2.45. The Kier molecular flexibility index (Phi) is 6.71. The molecule has 6 nitrogen and oxygen atoms in total. The Hall–Kier alpha value is -2.22. The van der Waals surface area contributed by atoms with E-state index in [1.165, 1.54) is 19.2 Å². The average Bonchev–Trinajstić information content (AvgIpc) is 2.45. The third kappa shape index (κ3) is 5.65. The molecule has 1 amide bonds. The van der Waals surface area contributed by atoms with Crippen LogP contribution in [0.3, 0.4) is 0 Å². The third-order valence-corrected chi connectivity index (χ3v) is 2.72. The van der Waals surface area contributed by atoms with Gasteiger partial charge in [0.15, 0.2) is 0 Å².